The van der Waals surface area contributed by atoms with E-state index in [1.54, 1.807) is 6.92 Å². The molecule has 0 saturated heterocycles. The number of nitrogens with zero attached hydrogens (tertiary/aromatic N) is 2. The Labute approximate surface area is 220 Å². The lowest BCUT2D eigenvalue weighted by Crippen LogP contribution is -2.36. The van der Waals surface area contributed by atoms with Crippen LogP contribution in [0, 0.1) is 17.8 Å². The molecule has 0 radical (unpaired) electrons. The first-order chi connectivity index (χ1) is 18.2. The van der Waals surface area contributed by atoms with Gasteiger partial charge in [0.15, 0.2) is 0 Å². The first kappa shape index (κ1) is 23.9. The Balaban J connectivity index is 1.41. The normalized spacial score (nSPS) is 23.5. The van der Waals surface area contributed by atoms with E-state index in [1.807, 2.05) is 6.33 Å². The molecular weight excluding hydrogens is 452 g/mol. The van der Waals surface area contributed by atoms with Crippen LogP contribution in [-0.4, -0.2) is 15.3 Å². The smallest absolute Gasteiger partial charge is 0.130 e. The van der Waals surface area contributed by atoms with Crippen LogP contribution in [0.25, 0.3) is 0 Å². The summed E-state index contributed by atoms with van der Waals surface area (Å²) in [6.45, 7) is 1.76. The molecule has 3 nitrogen and oxygen atoms in total. The van der Waals surface area contributed by atoms with Crippen LogP contribution in [-0.2, 0) is 10.3 Å². The summed E-state index contributed by atoms with van der Waals surface area (Å²) in [5, 5.41) is 0. The van der Waals surface area contributed by atoms with Crippen molar-refractivity contribution in [2.75, 3.05) is 0 Å². The van der Waals surface area contributed by atoms with Gasteiger partial charge < -0.3 is 9.36 Å². The molecule has 188 valence electrons. The van der Waals surface area contributed by atoms with Gasteiger partial charge in [-0.05, 0) is 60.6 Å². The maximum Gasteiger partial charge on any atom is 0.130 e. The molecule has 3 aromatic carbocycles. The van der Waals surface area contributed by atoms with Gasteiger partial charge in [0.1, 0.15) is 11.3 Å². The van der Waals surface area contributed by atoms with Crippen molar-refractivity contribution in [1.82, 2.24) is 9.55 Å². The Bertz CT molecular complexity index is 1230. The van der Waals surface area contributed by atoms with E-state index in [4.69, 9.17) is 4.98 Å². The number of hydrogen-bond acceptors (Lipinski definition) is 2. The minimum Gasteiger partial charge on any atom is -0.319 e. The molecule has 2 fully saturated rings. The van der Waals surface area contributed by atoms with Crippen LogP contribution in [0.1, 0.15) is 73.8 Å². The van der Waals surface area contributed by atoms with Crippen molar-refractivity contribution in [1.29, 1.82) is 0 Å². The van der Waals surface area contributed by atoms with E-state index in [0.717, 1.165) is 6.42 Å². The van der Waals surface area contributed by atoms with Gasteiger partial charge in [-0.2, -0.15) is 0 Å². The standard InChI is InChI=1S/C34H36N2O/c1-25(37)21-26-13-11-12-20-30(26)31-22-32(31)33-23-36(24-35-33)34(27-14-5-2-6-15-27,28-16-7-3-8-17-28)29-18-9-4-10-19-29/h2-10,14-19,23-24,26,30-32H,11-13,20-22H2,1H3/t26?,30-,31?,32+/m0/s1. The monoisotopic (exact) mass is 488 g/mol. The summed E-state index contributed by atoms with van der Waals surface area (Å²) in [5.41, 5.74) is 4.35. The van der Waals surface area contributed by atoms with E-state index in [1.165, 1.54) is 54.5 Å². The fourth-order valence-corrected chi connectivity index (χ4v) is 7.15. The van der Waals surface area contributed by atoms with Crippen molar-refractivity contribution in [3.05, 3.63) is 126 Å². The average molecular weight is 489 g/mol. The molecule has 3 heteroatoms. The molecule has 1 aromatic heterocycles. The van der Waals surface area contributed by atoms with Crippen molar-refractivity contribution in [3.8, 4) is 0 Å². The highest BCUT2D eigenvalue weighted by Crippen LogP contribution is 2.57. The zero-order valence-corrected chi connectivity index (χ0v) is 21.7. The summed E-state index contributed by atoms with van der Waals surface area (Å²) < 4.78 is 2.34. The zero-order valence-electron chi connectivity index (χ0n) is 21.7. The van der Waals surface area contributed by atoms with E-state index < -0.39 is 5.54 Å². The van der Waals surface area contributed by atoms with Crippen molar-refractivity contribution in [2.45, 2.75) is 56.9 Å². The Kier molecular flexibility index (Phi) is 6.54. The topological polar surface area (TPSA) is 34.9 Å². The van der Waals surface area contributed by atoms with Crippen LogP contribution >= 0.6 is 0 Å². The van der Waals surface area contributed by atoms with Crippen LogP contribution in [0.5, 0.6) is 0 Å². The molecule has 2 aliphatic carbocycles. The van der Waals surface area contributed by atoms with Gasteiger partial charge in [-0.1, -0.05) is 104 Å². The third-order valence-corrected chi connectivity index (χ3v) is 8.85. The molecule has 0 bridgehead atoms. The molecule has 0 spiro atoms. The number of carbonyl (C=O) groups is 1. The van der Waals surface area contributed by atoms with E-state index in [-0.39, 0.29) is 0 Å². The number of rotatable bonds is 8. The van der Waals surface area contributed by atoms with Crippen molar-refractivity contribution < 1.29 is 4.79 Å². The molecule has 6 rings (SSSR count). The molecule has 2 unspecified atom stereocenters. The summed E-state index contributed by atoms with van der Waals surface area (Å²) in [5.74, 6) is 2.72. The SMILES string of the molecule is CC(=O)CC1CCCC[C@@H]1C1C[C@H]1c1cn(C(c2ccccc2)(c2ccccc2)c2ccccc2)cn1. The number of aromatic nitrogens is 2. The Hall–Kier alpha value is -3.46. The quantitative estimate of drug-likeness (QED) is 0.239. The second-order valence-corrected chi connectivity index (χ2v) is 11.1. The average Bonchev–Trinajstić information content (AvgIpc) is 3.59. The first-order valence-corrected chi connectivity index (χ1v) is 13.9. The number of benzene rings is 3. The first-order valence-electron chi connectivity index (χ1n) is 13.9. The highest BCUT2D eigenvalue weighted by atomic mass is 16.1. The molecule has 0 N–H and O–H groups in total. The number of carbonyl (C=O) groups excluding carboxylic acids is 1. The predicted molar refractivity (Wildman–Crippen MR) is 148 cm³/mol. The zero-order chi connectivity index (χ0) is 25.2. The molecule has 4 aromatic rings. The molecule has 0 aliphatic heterocycles. The molecule has 2 aliphatic rings. The van der Waals surface area contributed by atoms with Crippen LogP contribution in [0.4, 0.5) is 0 Å². The molecule has 0 amide bonds. The maximum absolute atomic E-state index is 12.0. The van der Waals surface area contributed by atoms with Gasteiger partial charge >= 0.3 is 0 Å². The Morgan fingerprint density at radius 1 is 0.811 bits per heavy atom. The molecule has 4 atom stereocenters. The van der Waals surface area contributed by atoms with Gasteiger partial charge in [-0.15, -0.1) is 0 Å². The second kappa shape index (κ2) is 10.1. The largest absolute Gasteiger partial charge is 0.319 e. The summed E-state index contributed by atoms with van der Waals surface area (Å²) in [7, 11) is 0. The third-order valence-electron chi connectivity index (χ3n) is 8.85. The van der Waals surface area contributed by atoms with E-state index in [2.05, 4.69) is 102 Å². The van der Waals surface area contributed by atoms with Crippen molar-refractivity contribution in [2.24, 2.45) is 17.8 Å². The number of ketones is 1. The lowest BCUT2D eigenvalue weighted by Gasteiger charge is -2.37. The number of Topliss-reactive ketones (excluding diaryl/α,β-unsaturated/α-hetero) is 1. The van der Waals surface area contributed by atoms with Crippen LogP contribution < -0.4 is 0 Å². The fourth-order valence-electron chi connectivity index (χ4n) is 7.15. The van der Waals surface area contributed by atoms with Crippen LogP contribution in [0.15, 0.2) is 104 Å². The van der Waals surface area contributed by atoms with Gasteiger partial charge in [0.2, 0.25) is 0 Å². The number of hydrogen-bond donors (Lipinski definition) is 0. The second-order valence-electron chi connectivity index (χ2n) is 11.1. The Morgan fingerprint density at radius 2 is 1.35 bits per heavy atom. The van der Waals surface area contributed by atoms with Gasteiger partial charge in [0.25, 0.3) is 0 Å². The lowest BCUT2D eigenvalue weighted by molar-refractivity contribution is -0.118. The van der Waals surface area contributed by atoms with Gasteiger partial charge in [-0.25, -0.2) is 4.98 Å². The summed E-state index contributed by atoms with van der Waals surface area (Å²) >= 11 is 0. The Morgan fingerprint density at radius 3 is 1.89 bits per heavy atom. The summed E-state index contributed by atoms with van der Waals surface area (Å²) in [4.78, 5) is 17.0. The van der Waals surface area contributed by atoms with Gasteiger partial charge in [0.05, 0.1) is 12.0 Å². The summed E-state index contributed by atoms with van der Waals surface area (Å²) in [6.07, 6.45) is 11.4. The van der Waals surface area contributed by atoms with E-state index in [9.17, 15) is 4.79 Å². The van der Waals surface area contributed by atoms with Crippen LogP contribution in [0.2, 0.25) is 0 Å². The maximum atomic E-state index is 12.0. The van der Waals surface area contributed by atoms with Gasteiger partial charge in [0, 0.05) is 18.5 Å². The molecular formula is C34H36N2O. The third kappa shape index (κ3) is 4.45. The highest BCUT2D eigenvalue weighted by molar-refractivity contribution is 5.75. The highest BCUT2D eigenvalue weighted by Gasteiger charge is 2.48. The minimum atomic E-state index is -0.512. The lowest BCUT2D eigenvalue weighted by atomic mass is 9.74. The number of imidazole rings is 1. The van der Waals surface area contributed by atoms with Gasteiger partial charge in [-0.3, -0.25) is 0 Å². The van der Waals surface area contributed by atoms with Crippen LogP contribution in [0.3, 0.4) is 0 Å². The summed E-state index contributed by atoms with van der Waals surface area (Å²) in [6, 6.07) is 32.4. The fraction of sp³-hybridized carbons (Fsp3) is 0.353. The minimum absolute atomic E-state index is 0.344. The molecule has 2 saturated carbocycles. The predicted octanol–water partition coefficient (Wildman–Crippen LogP) is 7.61. The van der Waals surface area contributed by atoms with Crippen molar-refractivity contribution in [3.63, 3.8) is 0 Å². The van der Waals surface area contributed by atoms with E-state index in [0.29, 0.717) is 29.5 Å². The van der Waals surface area contributed by atoms with Crippen molar-refractivity contribution >= 4 is 5.78 Å². The molecule has 37 heavy (non-hydrogen) atoms. The molecule has 1 heterocycles. The van der Waals surface area contributed by atoms with E-state index >= 15 is 0 Å².